The molecule has 0 radical (unpaired) electrons. The van der Waals surface area contributed by atoms with E-state index in [4.69, 9.17) is 4.74 Å². The molecular weight excluding hydrogens is 282 g/mol. The van der Waals surface area contributed by atoms with E-state index in [-0.39, 0.29) is 0 Å². The maximum Gasteiger partial charge on any atom is 0.143 e. The second kappa shape index (κ2) is 4.69. The molecule has 2 unspecified atom stereocenters. The Balaban J connectivity index is 1.93. The van der Waals surface area contributed by atoms with Crippen LogP contribution >= 0.6 is 15.9 Å². The summed E-state index contributed by atoms with van der Waals surface area (Å²) in [6.07, 6.45) is 5.03. The van der Waals surface area contributed by atoms with Crippen LogP contribution in [0, 0.1) is 0 Å². The molecule has 2 aliphatic rings. The van der Waals surface area contributed by atoms with Gasteiger partial charge in [0.2, 0.25) is 0 Å². The lowest BCUT2D eigenvalue weighted by Gasteiger charge is -2.17. The Labute approximate surface area is 110 Å². The van der Waals surface area contributed by atoms with Crippen molar-refractivity contribution in [3.63, 3.8) is 0 Å². The summed E-state index contributed by atoms with van der Waals surface area (Å²) in [7, 11) is 0. The van der Waals surface area contributed by atoms with E-state index in [1.165, 1.54) is 12.8 Å². The van der Waals surface area contributed by atoms with Gasteiger partial charge in [0, 0.05) is 18.6 Å². The summed E-state index contributed by atoms with van der Waals surface area (Å²) in [5.41, 5.74) is 0. The zero-order chi connectivity index (χ0) is 11.8. The molecule has 0 N–H and O–H groups in total. The first-order valence-corrected chi connectivity index (χ1v) is 7.58. The fourth-order valence-corrected chi connectivity index (χ4v) is 3.14. The van der Waals surface area contributed by atoms with Crippen molar-refractivity contribution in [2.45, 2.75) is 56.0 Å². The molecule has 2 fully saturated rings. The minimum atomic E-state index is 0.333. The number of hydrogen-bond acceptors (Lipinski definition) is 3. The highest BCUT2D eigenvalue weighted by atomic mass is 79.9. The largest absolute Gasteiger partial charge is 0.377 e. The molecule has 1 aliphatic heterocycles. The molecule has 2 heterocycles. The van der Waals surface area contributed by atoms with E-state index >= 15 is 0 Å². The van der Waals surface area contributed by atoms with Gasteiger partial charge < -0.3 is 9.30 Å². The molecular formula is C12H18BrN3O. The van der Waals surface area contributed by atoms with Crippen molar-refractivity contribution in [3.8, 4) is 0 Å². The van der Waals surface area contributed by atoms with Gasteiger partial charge in [-0.1, -0.05) is 22.9 Å². The highest BCUT2D eigenvalue weighted by Crippen LogP contribution is 2.41. The van der Waals surface area contributed by atoms with Crippen molar-refractivity contribution in [2.24, 2.45) is 0 Å². The second-order valence-electron chi connectivity index (χ2n) is 4.92. The summed E-state index contributed by atoms with van der Waals surface area (Å²) >= 11 is 3.50. The average Bonchev–Trinajstić information content (AvgIpc) is 2.94. The Morgan fingerprint density at radius 2 is 2.18 bits per heavy atom. The van der Waals surface area contributed by atoms with Crippen molar-refractivity contribution in [2.75, 3.05) is 6.61 Å². The van der Waals surface area contributed by atoms with E-state index in [0.717, 1.165) is 36.4 Å². The minimum absolute atomic E-state index is 0.333. The van der Waals surface area contributed by atoms with Gasteiger partial charge in [0.1, 0.15) is 11.6 Å². The number of hydrogen-bond donors (Lipinski definition) is 0. The van der Waals surface area contributed by atoms with Crippen LogP contribution in [0.3, 0.4) is 0 Å². The van der Waals surface area contributed by atoms with Gasteiger partial charge in [-0.15, -0.1) is 10.2 Å². The molecule has 0 bridgehead atoms. The molecule has 17 heavy (non-hydrogen) atoms. The van der Waals surface area contributed by atoms with Crippen LogP contribution in [-0.4, -0.2) is 27.5 Å². The molecule has 5 heteroatoms. The van der Waals surface area contributed by atoms with Crippen molar-refractivity contribution in [1.82, 2.24) is 14.8 Å². The van der Waals surface area contributed by atoms with Gasteiger partial charge >= 0.3 is 0 Å². The molecule has 1 saturated carbocycles. The maximum atomic E-state index is 5.77. The van der Waals surface area contributed by atoms with Gasteiger partial charge in [-0.3, -0.25) is 0 Å². The molecule has 94 valence electrons. The monoisotopic (exact) mass is 299 g/mol. The zero-order valence-electron chi connectivity index (χ0n) is 10.1. The van der Waals surface area contributed by atoms with Crippen LogP contribution in [0.1, 0.15) is 56.2 Å². The quantitative estimate of drug-likeness (QED) is 0.803. The van der Waals surface area contributed by atoms with Crippen molar-refractivity contribution in [3.05, 3.63) is 11.6 Å². The molecule has 1 aromatic rings. The third kappa shape index (κ3) is 2.03. The molecule has 3 rings (SSSR count). The van der Waals surface area contributed by atoms with Crippen LogP contribution in [0.5, 0.6) is 0 Å². The molecule has 1 aliphatic carbocycles. The Bertz CT molecular complexity index is 402. The smallest absolute Gasteiger partial charge is 0.143 e. The summed E-state index contributed by atoms with van der Waals surface area (Å²) in [6.45, 7) is 3.05. The van der Waals surface area contributed by atoms with E-state index < -0.39 is 0 Å². The maximum absolute atomic E-state index is 5.77. The summed E-state index contributed by atoms with van der Waals surface area (Å²) in [4.78, 5) is 0. The highest BCUT2D eigenvalue weighted by Gasteiger charge is 2.37. The number of nitrogens with zero attached hydrogens (tertiary/aromatic N) is 3. The number of aromatic nitrogens is 3. The van der Waals surface area contributed by atoms with Gasteiger partial charge in [0.15, 0.2) is 0 Å². The number of ether oxygens (including phenoxy) is 1. The topological polar surface area (TPSA) is 39.9 Å². The third-order valence-electron chi connectivity index (χ3n) is 3.77. The normalized spacial score (nSPS) is 28.8. The van der Waals surface area contributed by atoms with Crippen LogP contribution in [0.25, 0.3) is 0 Å². The standard InChI is InChI=1S/C12H18BrN3O/c1-2-10-9(5-6-17-10)12-15-14-11(7-13)16(12)8-3-4-8/h8-10H,2-7H2,1H3. The zero-order valence-corrected chi connectivity index (χ0v) is 11.7. The summed E-state index contributed by atoms with van der Waals surface area (Å²) in [5.74, 6) is 2.68. The van der Waals surface area contributed by atoms with Crippen molar-refractivity contribution < 1.29 is 4.74 Å². The summed E-state index contributed by atoms with van der Waals surface area (Å²) < 4.78 is 8.13. The lowest BCUT2D eigenvalue weighted by Crippen LogP contribution is -2.18. The second-order valence-corrected chi connectivity index (χ2v) is 5.48. The molecule has 0 aromatic carbocycles. The van der Waals surface area contributed by atoms with E-state index in [1.54, 1.807) is 0 Å². The van der Waals surface area contributed by atoms with Crippen LogP contribution in [0.4, 0.5) is 0 Å². The molecule has 1 aromatic heterocycles. The molecule has 2 atom stereocenters. The summed E-state index contributed by atoms with van der Waals surface area (Å²) in [5, 5.41) is 9.54. The number of rotatable bonds is 4. The average molecular weight is 300 g/mol. The van der Waals surface area contributed by atoms with E-state index in [9.17, 15) is 0 Å². The lowest BCUT2D eigenvalue weighted by atomic mass is 9.98. The van der Waals surface area contributed by atoms with Crippen LogP contribution in [-0.2, 0) is 10.1 Å². The van der Waals surface area contributed by atoms with Crippen molar-refractivity contribution in [1.29, 1.82) is 0 Å². The minimum Gasteiger partial charge on any atom is -0.377 e. The van der Waals surface area contributed by atoms with E-state index in [2.05, 4.69) is 37.6 Å². The van der Waals surface area contributed by atoms with Gasteiger partial charge in [-0.05, 0) is 25.7 Å². The first kappa shape index (κ1) is 11.7. The molecule has 0 amide bonds. The fourth-order valence-electron chi connectivity index (χ4n) is 2.76. The van der Waals surface area contributed by atoms with Crippen LogP contribution in [0.15, 0.2) is 0 Å². The van der Waals surface area contributed by atoms with Crippen LogP contribution in [0.2, 0.25) is 0 Å². The van der Waals surface area contributed by atoms with E-state index in [1.807, 2.05) is 0 Å². The lowest BCUT2D eigenvalue weighted by molar-refractivity contribution is 0.0988. The predicted octanol–water partition coefficient (Wildman–Crippen LogP) is 2.79. The molecule has 4 nitrogen and oxygen atoms in total. The SMILES string of the molecule is CCC1OCCC1c1nnc(CBr)n1C1CC1. The van der Waals surface area contributed by atoms with E-state index in [0.29, 0.717) is 18.1 Å². The third-order valence-corrected chi connectivity index (χ3v) is 4.27. The predicted molar refractivity (Wildman–Crippen MR) is 68.3 cm³/mol. The Morgan fingerprint density at radius 3 is 2.82 bits per heavy atom. The molecule has 1 saturated heterocycles. The summed E-state index contributed by atoms with van der Waals surface area (Å²) in [6, 6.07) is 0.644. The van der Waals surface area contributed by atoms with Crippen LogP contribution < -0.4 is 0 Å². The Morgan fingerprint density at radius 1 is 1.35 bits per heavy atom. The van der Waals surface area contributed by atoms with Crippen molar-refractivity contribution >= 4 is 15.9 Å². The van der Waals surface area contributed by atoms with Gasteiger partial charge in [-0.25, -0.2) is 0 Å². The highest BCUT2D eigenvalue weighted by molar-refractivity contribution is 9.08. The Hall–Kier alpha value is -0.420. The number of halogens is 1. The first-order valence-electron chi connectivity index (χ1n) is 6.46. The molecule has 0 spiro atoms. The first-order chi connectivity index (χ1) is 8.35. The Kier molecular flexibility index (Phi) is 3.21. The fraction of sp³-hybridized carbons (Fsp3) is 0.833. The van der Waals surface area contributed by atoms with Gasteiger partial charge in [-0.2, -0.15) is 0 Å². The number of alkyl halides is 1. The van der Waals surface area contributed by atoms with Gasteiger partial charge in [0.05, 0.1) is 11.4 Å². The van der Waals surface area contributed by atoms with Gasteiger partial charge in [0.25, 0.3) is 0 Å².